The Morgan fingerprint density at radius 1 is 0.577 bits per heavy atom. The summed E-state index contributed by atoms with van der Waals surface area (Å²) in [6, 6.07) is 46.1. The molecule has 1 aliphatic rings. The third kappa shape index (κ3) is 9.95. The Balaban J connectivity index is 1.48. The fraction of sp³-hybridized carbons (Fsp3) is 0.244. The molecule has 1 fully saturated rings. The van der Waals surface area contributed by atoms with E-state index in [0.717, 1.165) is 16.7 Å². The van der Waals surface area contributed by atoms with E-state index in [2.05, 4.69) is 0 Å². The number of carboxylic acids is 1. The topological polar surface area (TPSA) is 119 Å². The average molecular weight is 725 g/mol. The summed E-state index contributed by atoms with van der Waals surface area (Å²) in [4.78, 5) is 12.5. The molecule has 0 aliphatic carbocycles. The van der Waals surface area contributed by atoms with Gasteiger partial charge < -0.3 is 33.5 Å². The van der Waals surface area contributed by atoms with Crippen molar-refractivity contribution >= 4 is 14.7 Å². The normalized spacial score (nSPS) is 20.4. The van der Waals surface area contributed by atoms with Gasteiger partial charge in [-0.1, -0.05) is 127 Å². The van der Waals surface area contributed by atoms with Gasteiger partial charge in [-0.05, 0) is 41.0 Å². The summed E-state index contributed by atoms with van der Waals surface area (Å²) in [5.74, 6) is -2.75. The fourth-order valence-corrected chi connectivity index (χ4v) is 6.40. The van der Waals surface area contributed by atoms with E-state index in [4.69, 9.17) is 32.9 Å². The Morgan fingerprint density at radius 3 is 1.37 bits per heavy atom. The second-order valence-corrected chi connectivity index (χ2v) is 12.6. The van der Waals surface area contributed by atoms with Crippen LogP contribution in [0.4, 0.5) is 0 Å². The molecular formula is C41H41O10P. The third-order valence-electron chi connectivity index (χ3n) is 8.43. The molecule has 5 aromatic carbocycles. The highest BCUT2D eigenvalue weighted by Crippen LogP contribution is 2.41. The third-order valence-corrected chi connectivity index (χ3v) is 8.86. The highest BCUT2D eigenvalue weighted by Gasteiger charge is 2.61. The van der Waals surface area contributed by atoms with Gasteiger partial charge in [-0.3, -0.25) is 13.9 Å². The SMILES string of the molecule is O=[PH2]OC(Oc1ccccc1)(Oc1ccccc1)C1OC(CC(=O)O)C(OCc2ccccc2)C(OCc2ccccc2)C1OCc1ccccc1. The standard InChI is InChI=1S/C41H41O10P/c42-36(43)26-35-37(45-27-30-16-6-1-7-17-30)38(46-28-31-18-8-2-9-19-31)39(47-29-32-20-10-3-11-21-32)40(48-35)41(51-52-44,49-33-22-12-4-13-23-33)50-34-24-14-5-15-25-34/h1-25,35,37-40H,26-29,52H2,(H,42,43). The van der Waals surface area contributed by atoms with Gasteiger partial charge >= 0.3 is 11.9 Å². The number of rotatable bonds is 18. The zero-order valence-electron chi connectivity index (χ0n) is 28.3. The van der Waals surface area contributed by atoms with Crippen molar-refractivity contribution < 1.29 is 47.4 Å². The molecule has 6 atom stereocenters. The first-order chi connectivity index (χ1) is 25.5. The Labute approximate surface area is 304 Å². The van der Waals surface area contributed by atoms with Crippen LogP contribution in [0.2, 0.25) is 0 Å². The van der Waals surface area contributed by atoms with Gasteiger partial charge in [0.25, 0.3) is 0 Å². The van der Waals surface area contributed by atoms with E-state index in [1.165, 1.54) is 0 Å². The Morgan fingerprint density at radius 2 is 0.962 bits per heavy atom. The molecule has 0 amide bonds. The summed E-state index contributed by atoms with van der Waals surface area (Å²) >= 11 is 0. The van der Waals surface area contributed by atoms with Crippen molar-refractivity contribution in [3.8, 4) is 11.5 Å². The quantitative estimate of drug-likeness (QED) is 0.0720. The molecule has 0 aromatic heterocycles. The second kappa shape index (κ2) is 18.6. The molecule has 5 aromatic rings. The second-order valence-electron chi connectivity index (χ2n) is 12.1. The maximum absolute atomic E-state index is 12.7. The number of para-hydroxylation sites is 2. The monoisotopic (exact) mass is 724 g/mol. The minimum Gasteiger partial charge on any atom is -0.481 e. The molecule has 11 heteroatoms. The summed E-state index contributed by atoms with van der Waals surface area (Å²) in [7, 11) is -1.97. The zero-order chi connectivity index (χ0) is 36.0. The van der Waals surface area contributed by atoms with Crippen LogP contribution in [0.3, 0.4) is 0 Å². The lowest BCUT2D eigenvalue weighted by atomic mass is 9.91. The van der Waals surface area contributed by atoms with Gasteiger partial charge in [0, 0.05) is 0 Å². The van der Waals surface area contributed by atoms with Crippen LogP contribution < -0.4 is 9.47 Å². The van der Waals surface area contributed by atoms with Gasteiger partial charge in [0.2, 0.25) is 0 Å². The van der Waals surface area contributed by atoms with E-state index in [1.54, 1.807) is 48.5 Å². The van der Waals surface area contributed by atoms with Gasteiger partial charge in [-0.2, -0.15) is 0 Å². The lowest BCUT2D eigenvalue weighted by Crippen LogP contribution is -2.69. The number of hydrogen-bond acceptors (Lipinski definition) is 9. The van der Waals surface area contributed by atoms with Crippen LogP contribution in [0, 0.1) is 0 Å². The lowest BCUT2D eigenvalue weighted by Gasteiger charge is -2.50. The predicted octanol–water partition coefficient (Wildman–Crippen LogP) is 7.48. The molecule has 10 nitrogen and oxygen atoms in total. The molecule has 270 valence electrons. The molecule has 0 saturated carbocycles. The fourth-order valence-electron chi connectivity index (χ4n) is 6.03. The van der Waals surface area contributed by atoms with E-state index >= 15 is 0 Å². The Hall–Kier alpha value is -4.80. The summed E-state index contributed by atoms with van der Waals surface area (Å²) < 4.78 is 58.5. The summed E-state index contributed by atoms with van der Waals surface area (Å²) in [6.45, 7) is 0.371. The van der Waals surface area contributed by atoms with Crippen molar-refractivity contribution in [2.75, 3.05) is 0 Å². The minimum absolute atomic E-state index is 0.0998. The summed E-state index contributed by atoms with van der Waals surface area (Å²) in [6.07, 6.45) is -5.98. The highest BCUT2D eigenvalue weighted by molar-refractivity contribution is 7.17. The van der Waals surface area contributed by atoms with E-state index in [1.807, 2.05) is 103 Å². The zero-order valence-corrected chi connectivity index (χ0v) is 29.5. The van der Waals surface area contributed by atoms with Crippen LogP contribution in [-0.2, 0) is 52.7 Å². The molecule has 0 bridgehead atoms. The van der Waals surface area contributed by atoms with Crippen molar-refractivity contribution in [3.63, 3.8) is 0 Å². The molecular weight excluding hydrogens is 683 g/mol. The van der Waals surface area contributed by atoms with Crippen LogP contribution in [0.25, 0.3) is 0 Å². The van der Waals surface area contributed by atoms with Crippen molar-refractivity contribution in [1.82, 2.24) is 0 Å². The van der Waals surface area contributed by atoms with Crippen LogP contribution in [0.5, 0.6) is 11.5 Å². The number of hydrogen-bond donors (Lipinski definition) is 1. The van der Waals surface area contributed by atoms with Gasteiger partial charge in [-0.15, -0.1) is 0 Å². The maximum atomic E-state index is 12.7. The minimum atomic E-state index is -2.25. The van der Waals surface area contributed by atoms with Crippen LogP contribution in [0.15, 0.2) is 152 Å². The average Bonchev–Trinajstić information content (AvgIpc) is 3.17. The first-order valence-electron chi connectivity index (χ1n) is 17.0. The Bertz CT molecular complexity index is 1760. The van der Waals surface area contributed by atoms with Gasteiger partial charge in [0.05, 0.1) is 32.3 Å². The summed E-state index contributed by atoms with van der Waals surface area (Å²) in [5, 5.41) is 10.2. The molecule has 6 rings (SSSR count). The number of ether oxygens (including phenoxy) is 6. The van der Waals surface area contributed by atoms with Gasteiger partial charge in [0.1, 0.15) is 29.8 Å². The van der Waals surface area contributed by atoms with Crippen molar-refractivity contribution in [2.24, 2.45) is 0 Å². The molecule has 52 heavy (non-hydrogen) atoms. The van der Waals surface area contributed by atoms with E-state index in [0.29, 0.717) is 11.5 Å². The number of aliphatic carboxylic acids is 1. The summed E-state index contributed by atoms with van der Waals surface area (Å²) in [5.41, 5.74) is 2.60. The Kier molecular flexibility index (Phi) is 13.2. The van der Waals surface area contributed by atoms with Crippen LogP contribution in [-0.4, -0.2) is 47.6 Å². The van der Waals surface area contributed by atoms with Crippen molar-refractivity contribution in [2.45, 2.75) is 62.7 Å². The predicted molar refractivity (Wildman–Crippen MR) is 194 cm³/mol. The maximum Gasteiger partial charge on any atom is 0.407 e. The van der Waals surface area contributed by atoms with Gasteiger partial charge in [0.15, 0.2) is 14.8 Å². The molecule has 6 unspecified atom stereocenters. The molecule has 1 heterocycles. The van der Waals surface area contributed by atoms with E-state index < -0.39 is 57.6 Å². The van der Waals surface area contributed by atoms with E-state index in [9.17, 15) is 14.5 Å². The lowest BCUT2D eigenvalue weighted by molar-refractivity contribution is -0.371. The van der Waals surface area contributed by atoms with E-state index in [-0.39, 0.29) is 19.8 Å². The first-order valence-corrected chi connectivity index (χ1v) is 17.9. The van der Waals surface area contributed by atoms with Crippen LogP contribution in [0.1, 0.15) is 23.1 Å². The molecule has 0 radical (unpaired) electrons. The molecule has 1 N–H and O–H groups in total. The van der Waals surface area contributed by atoms with Crippen molar-refractivity contribution in [3.05, 3.63) is 168 Å². The molecule has 1 saturated heterocycles. The van der Waals surface area contributed by atoms with Gasteiger partial charge in [-0.25, -0.2) is 0 Å². The number of carboxylic acid groups (broad SMARTS) is 1. The smallest absolute Gasteiger partial charge is 0.407 e. The number of benzene rings is 5. The largest absolute Gasteiger partial charge is 0.481 e. The number of carbonyl (C=O) groups is 1. The highest BCUT2D eigenvalue weighted by atomic mass is 31.1. The first kappa shape index (κ1) is 37.0. The van der Waals surface area contributed by atoms with Crippen molar-refractivity contribution in [1.29, 1.82) is 0 Å². The molecule has 0 spiro atoms. The van der Waals surface area contributed by atoms with Crippen LogP contribution >= 0.6 is 8.69 Å². The molecule has 1 aliphatic heterocycles.